The summed E-state index contributed by atoms with van der Waals surface area (Å²) in [7, 11) is 1.61. The minimum absolute atomic E-state index is 0.00744. The predicted molar refractivity (Wildman–Crippen MR) is 95.8 cm³/mol. The van der Waals surface area contributed by atoms with Crippen LogP contribution in [0.1, 0.15) is 5.56 Å². The summed E-state index contributed by atoms with van der Waals surface area (Å²) in [6.45, 7) is 0.414. The number of ether oxygens (including phenoxy) is 1. The molecule has 7 nitrogen and oxygen atoms in total. The summed E-state index contributed by atoms with van der Waals surface area (Å²) in [4.78, 5) is 13.3. The molecular weight excluding hydrogens is 386 g/mol. The van der Waals surface area contributed by atoms with E-state index >= 15 is 0 Å². The molecule has 3 aromatic rings. The average Bonchev–Trinajstić information content (AvgIpc) is 3.09. The number of carbonyl (C=O) groups is 1. The standard InChI is InChI=1S/C17H16BrN5O2/c1-25-15-4-2-3-12(9-15)10-19-16(24)11-23-21-17(20-22-23)13-5-7-14(18)8-6-13/h2-9H,10-11H2,1H3,(H,19,24). The van der Waals surface area contributed by atoms with E-state index in [0.717, 1.165) is 21.3 Å². The van der Waals surface area contributed by atoms with Crippen molar-refractivity contribution in [1.82, 2.24) is 25.5 Å². The molecule has 0 aliphatic rings. The molecule has 0 saturated carbocycles. The molecule has 0 fully saturated rings. The Balaban J connectivity index is 1.57. The number of nitrogens with zero attached hydrogens (tertiary/aromatic N) is 4. The molecule has 1 amide bonds. The van der Waals surface area contributed by atoms with Gasteiger partial charge in [0, 0.05) is 16.6 Å². The van der Waals surface area contributed by atoms with Crippen molar-refractivity contribution < 1.29 is 9.53 Å². The van der Waals surface area contributed by atoms with Gasteiger partial charge >= 0.3 is 0 Å². The van der Waals surface area contributed by atoms with Crippen LogP contribution in [-0.4, -0.2) is 33.2 Å². The second-order valence-corrected chi connectivity index (χ2v) is 6.19. The van der Waals surface area contributed by atoms with Crippen LogP contribution in [0.25, 0.3) is 11.4 Å². The summed E-state index contributed by atoms with van der Waals surface area (Å²) < 4.78 is 6.13. The summed E-state index contributed by atoms with van der Waals surface area (Å²) in [6, 6.07) is 15.1. The van der Waals surface area contributed by atoms with Crippen LogP contribution in [-0.2, 0) is 17.9 Å². The molecule has 1 aromatic heterocycles. The highest BCUT2D eigenvalue weighted by Crippen LogP contribution is 2.17. The molecule has 0 spiro atoms. The molecule has 25 heavy (non-hydrogen) atoms. The molecule has 0 aliphatic carbocycles. The highest BCUT2D eigenvalue weighted by Gasteiger charge is 2.09. The average molecular weight is 402 g/mol. The number of amides is 1. The van der Waals surface area contributed by atoms with Crippen LogP contribution in [0.15, 0.2) is 53.0 Å². The Morgan fingerprint density at radius 3 is 2.80 bits per heavy atom. The lowest BCUT2D eigenvalue weighted by atomic mass is 10.2. The number of aromatic nitrogens is 4. The Labute approximate surface area is 153 Å². The molecule has 8 heteroatoms. The van der Waals surface area contributed by atoms with Gasteiger partial charge in [0.1, 0.15) is 12.3 Å². The van der Waals surface area contributed by atoms with E-state index in [1.165, 1.54) is 4.80 Å². The SMILES string of the molecule is COc1cccc(CNC(=O)Cn2nnc(-c3ccc(Br)cc3)n2)c1. The Morgan fingerprint density at radius 1 is 1.24 bits per heavy atom. The smallest absolute Gasteiger partial charge is 0.243 e. The zero-order valence-electron chi connectivity index (χ0n) is 13.5. The van der Waals surface area contributed by atoms with Crippen molar-refractivity contribution in [2.75, 3.05) is 7.11 Å². The van der Waals surface area contributed by atoms with E-state index in [0.29, 0.717) is 12.4 Å². The van der Waals surface area contributed by atoms with Crippen molar-refractivity contribution in [3.63, 3.8) is 0 Å². The van der Waals surface area contributed by atoms with E-state index in [-0.39, 0.29) is 12.5 Å². The van der Waals surface area contributed by atoms with Crippen molar-refractivity contribution in [1.29, 1.82) is 0 Å². The lowest BCUT2D eigenvalue weighted by Gasteiger charge is -2.06. The van der Waals surface area contributed by atoms with E-state index in [4.69, 9.17) is 4.74 Å². The third kappa shape index (κ3) is 4.63. The monoisotopic (exact) mass is 401 g/mol. The third-order valence-electron chi connectivity index (χ3n) is 3.46. The molecule has 0 atom stereocenters. The number of rotatable bonds is 6. The number of hydrogen-bond acceptors (Lipinski definition) is 5. The molecule has 0 saturated heterocycles. The molecule has 0 unspecified atom stereocenters. The molecular formula is C17H16BrN5O2. The summed E-state index contributed by atoms with van der Waals surface area (Å²) in [5.41, 5.74) is 1.79. The van der Waals surface area contributed by atoms with Gasteiger partial charge in [-0.3, -0.25) is 4.79 Å². The van der Waals surface area contributed by atoms with E-state index in [1.54, 1.807) is 7.11 Å². The van der Waals surface area contributed by atoms with Crippen molar-refractivity contribution in [3.05, 3.63) is 58.6 Å². The fraction of sp³-hybridized carbons (Fsp3) is 0.176. The number of hydrogen-bond donors (Lipinski definition) is 1. The number of carbonyl (C=O) groups excluding carboxylic acids is 1. The highest BCUT2D eigenvalue weighted by atomic mass is 79.9. The zero-order chi connectivity index (χ0) is 17.6. The second-order valence-electron chi connectivity index (χ2n) is 5.28. The maximum absolute atomic E-state index is 12.1. The molecule has 1 N–H and O–H groups in total. The third-order valence-corrected chi connectivity index (χ3v) is 3.99. The number of methoxy groups -OCH3 is 1. The maximum atomic E-state index is 12.1. The zero-order valence-corrected chi connectivity index (χ0v) is 15.1. The van der Waals surface area contributed by atoms with E-state index in [9.17, 15) is 4.79 Å². The molecule has 0 aliphatic heterocycles. The maximum Gasteiger partial charge on any atom is 0.243 e. The van der Waals surface area contributed by atoms with Crippen LogP contribution in [0.4, 0.5) is 0 Å². The van der Waals surface area contributed by atoms with Gasteiger partial charge < -0.3 is 10.1 Å². The highest BCUT2D eigenvalue weighted by molar-refractivity contribution is 9.10. The van der Waals surface area contributed by atoms with E-state index in [2.05, 4.69) is 36.7 Å². The van der Waals surface area contributed by atoms with Crippen molar-refractivity contribution >= 4 is 21.8 Å². The number of halogens is 1. The first kappa shape index (κ1) is 17.1. The molecule has 128 valence electrons. The minimum atomic E-state index is -0.192. The van der Waals surface area contributed by atoms with Gasteiger partial charge in [0.15, 0.2) is 0 Å². The fourth-order valence-corrected chi connectivity index (χ4v) is 2.46. The lowest BCUT2D eigenvalue weighted by Crippen LogP contribution is -2.28. The van der Waals surface area contributed by atoms with E-state index in [1.807, 2.05) is 48.5 Å². The van der Waals surface area contributed by atoms with Crippen molar-refractivity contribution in [2.45, 2.75) is 13.1 Å². The number of nitrogens with one attached hydrogen (secondary N) is 1. The number of benzene rings is 2. The molecule has 1 heterocycles. The van der Waals surface area contributed by atoms with Gasteiger partial charge in [-0.2, -0.15) is 4.80 Å². The van der Waals surface area contributed by atoms with Crippen LogP contribution in [0.3, 0.4) is 0 Å². The molecule has 2 aromatic carbocycles. The summed E-state index contributed by atoms with van der Waals surface area (Å²) >= 11 is 3.38. The lowest BCUT2D eigenvalue weighted by molar-refractivity contribution is -0.122. The van der Waals surface area contributed by atoms with Crippen molar-refractivity contribution in [3.8, 4) is 17.1 Å². The van der Waals surface area contributed by atoms with Crippen molar-refractivity contribution in [2.24, 2.45) is 0 Å². The first-order valence-corrected chi connectivity index (χ1v) is 8.37. The van der Waals surface area contributed by atoms with Gasteiger partial charge in [0.2, 0.25) is 11.7 Å². The largest absolute Gasteiger partial charge is 0.497 e. The van der Waals surface area contributed by atoms with Crippen LogP contribution in [0, 0.1) is 0 Å². The van der Waals surface area contributed by atoms with Gasteiger partial charge in [0.25, 0.3) is 0 Å². The predicted octanol–water partition coefficient (Wildman–Crippen LogP) is 2.43. The Bertz CT molecular complexity index is 863. The first-order chi connectivity index (χ1) is 12.1. The van der Waals surface area contributed by atoms with Gasteiger partial charge in [-0.15, -0.1) is 10.2 Å². The topological polar surface area (TPSA) is 81.9 Å². The molecule has 0 radical (unpaired) electrons. The van der Waals surface area contributed by atoms with Crippen LogP contribution in [0.5, 0.6) is 5.75 Å². The molecule has 3 rings (SSSR count). The Morgan fingerprint density at radius 2 is 2.04 bits per heavy atom. The minimum Gasteiger partial charge on any atom is -0.497 e. The first-order valence-electron chi connectivity index (χ1n) is 7.57. The summed E-state index contributed by atoms with van der Waals surface area (Å²) in [5, 5.41) is 15.0. The van der Waals surface area contributed by atoms with Crippen LogP contribution < -0.4 is 10.1 Å². The van der Waals surface area contributed by atoms with Gasteiger partial charge in [0.05, 0.1) is 7.11 Å². The fourth-order valence-electron chi connectivity index (χ4n) is 2.19. The Hall–Kier alpha value is -2.74. The van der Waals surface area contributed by atoms with Crippen LogP contribution in [0.2, 0.25) is 0 Å². The second kappa shape index (κ2) is 7.89. The molecule has 0 bridgehead atoms. The summed E-state index contributed by atoms with van der Waals surface area (Å²) in [5.74, 6) is 1.04. The normalized spacial score (nSPS) is 10.5. The van der Waals surface area contributed by atoms with Gasteiger partial charge in [-0.05, 0) is 47.2 Å². The Kier molecular flexibility index (Phi) is 5.39. The quantitative estimate of drug-likeness (QED) is 0.685. The summed E-state index contributed by atoms with van der Waals surface area (Å²) in [6.07, 6.45) is 0. The van der Waals surface area contributed by atoms with E-state index < -0.39 is 0 Å². The van der Waals surface area contributed by atoms with Crippen LogP contribution >= 0.6 is 15.9 Å². The van der Waals surface area contributed by atoms with Gasteiger partial charge in [-0.1, -0.05) is 28.1 Å². The van der Waals surface area contributed by atoms with Gasteiger partial charge in [-0.25, -0.2) is 0 Å². The number of tetrazole rings is 1.